The van der Waals surface area contributed by atoms with Crippen molar-refractivity contribution in [2.75, 3.05) is 13.7 Å². The Morgan fingerprint density at radius 2 is 1.68 bits per heavy atom. The van der Waals surface area contributed by atoms with Crippen molar-refractivity contribution < 1.29 is 33.3 Å². The van der Waals surface area contributed by atoms with Crippen LogP contribution in [-0.2, 0) is 46.5 Å². The zero-order chi connectivity index (χ0) is 28.8. The molecule has 0 saturated carbocycles. The number of imidazole rings is 1. The molecule has 1 saturated heterocycles. The van der Waals surface area contributed by atoms with Gasteiger partial charge in [-0.1, -0.05) is 72.3 Å². The second-order valence-corrected chi connectivity index (χ2v) is 9.94. The molecule has 214 valence electrons. The molecule has 0 N–H and O–H groups in total. The van der Waals surface area contributed by atoms with E-state index in [0.717, 1.165) is 11.1 Å². The quantitative estimate of drug-likeness (QED) is 0.189. The van der Waals surface area contributed by atoms with Gasteiger partial charge in [0.25, 0.3) is 0 Å². The Bertz CT molecular complexity index is 1490. The van der Waals surface area contributed by atoms with Crippen LogP contribution in [0.2, 0.25) is 5.15 Å². The van der Waals surface area contributed by atoms with E-state index >= 15 is 0 Å². The van der Waals surface area contributed by atoms with E-state index in [0.29, 0.717) is 11.2 Å². The molecule has 4 aromatic rings. The Kier molecular flexibility index (Phi) is 8.89. The topological polar surface area (TPSA) is 124 Å². The van der Waals surface area contributed by atoms with Crippen LogP contribution in [0.4, 0.5) is 0 Å². The molecule has 0 bridgehead atoms. The van der Waals surface area contributed by atoms with Crippen LogP contribution >= 0.6 is 11.6 Å². The zero-order valence-corrected chi connectivity index (χ0v) is 23.3. The lowest BCUT2D eigenvalue weighted by molar-refractivity contribution is -0.176. The Morgan fingerprint density at radius 3 is 2.34 bits per heavy atom. The van der Waals surface area contributed by atoms with E-state index in [1.807, 2.05) is 60.7 Å². The molecule has 2 aromatic heterocycles. The van der Waals surface area contributed by atoms with Gasteiger partial charge in [-0.3, -0.25) is 14.2 Å². The number of benzene rings is 2. The molecule has 5 rings (SSSR count). The van der Waals surface area contributed by atoms with Crippen LogP contribution in [0.5, 0.6) is 0 Å². The molecule has 0 amide bonds. The summed E-state index contributed by atoms with van der Waals surface area (Å²) in [6.45, 7) is 1.62. The monoisotopic (exact) mass is 580 g/mol. The number of hydrogen-bond donors (Lipinski definition) is 0. The molecule has 11 nitrogen and oxygen atoms in total. The molecular weight excluding hydrogens is 552 g/mol. The Balaban J connectivity index is 1.56. The first-order valence-electron chi connectivity index (χ1n) is 12.9. The SMILES string of the molecule is COC(=O)C[C@@]1(COCc2ccccc2)O[C@@H](n2cnc3c(Cl)ncnc32)[C@H](OC(C)=O)[C@@H]1OCc1ccccc1. The minimum absolute atomic E-state index is 0.0763. The largest absolute Gasteiger partial charge is 0.469 e. The maximum atomic E-state index is 12.8. The van der Waals surface area contributed by atoms with Crippen LogP contribution < -0.4 is 0 Å². The molecule has 4 atom stereocenters. The van der Waals surface area contributed by atoms with Gasteiger partial charge in [0.1, 0.15) is 23.5 Å². The highest BCUT2D eigenvalue weighted by Crippen LogP contribution is 2.45. The van der Waals surface area contributed by atoms with Crippen LogP contribution in [0.1, 0.15) is 30.7 Å². The smallest absolute Gasteiger partial charge is 0.308 e. The summed E-state index contributed by atoms with van der Waals surface area (Å²) in [5.41, 5.74) is 1.08. The molecule has 41 heavy (non-hydrogen) atoms. The van der Waals surface area contributed by atoms with E-state index in [1.165, 1.54) is 26.7 Å². The number of carbonyl (C=O) groups is 2. The van der Waals surface area contributed by atoms with Crippen molar-refractivity contribution in [1.82, 2.24) is 19.5 Å². The van der Waals surface area contributed by atoms with Crippen LogP contribution in [0.15, 0.2) is 73.3 Å². The standard InChI is InChI=1S/C29H29ClN4O7/c1-19(35)40-24-25(39-15-21-11-7-4-8-12-21)29(13-22(36)37-2,16-38-14-20-9-5-3-6-10-20)41-28(24)34-18-33-23-26(30)31-17-32-27(23)34/h3-12,17-18,24-25,28H,13-16H2,1-2H3/t24-,25+,28-,29+/m1/s1. The second kappa shape index (κ2) is 12.7. The molecule has 0 unspecified atom stereocenters. The third-order valence-corrected chi connectivity index (χ3v) is 7.02. The zero-order valence-electron chi connectivity index (χ0n) is 22.5. The van der Waals surface area contributed by atoms with Gasteiger partial charge in [0.15, 0.2) is 23.1 Å². The van der Waals surface area contributed by atoms with Gasteiger partial charge in [0.05, 0.1) is 39.7 Å². The highest BCUT2D eigenvalue weighted by Gasteiger charge is 2.60. The summed E-state index contributed by atoms with van der Waals surface area (Å²) in [5, 5.41) is 0.152. The summed E-state index contributed by atoms with van der Waals surface area (Å²) in [6.07, 6.45) is -0.449. The van der Waals surface area contributed by atoms with Gasteiger partial charge in [-0.2, -0.15) is 0 Å². The molecule has 0 radical (unpaired) electrons. The lowest BCUT2D eigenvalue weighted by atomic mass is 9.91. The third-order valence-electron chi connectivity index (χ3n) is 6.75. The first-order chi connectivity index (χ1) is 19.9. The number of halogens is 1. The number of rotatable bonds is 11. The molecule has 2 aromatic carbocycles. The number of methoxy groups -OCH3 is 1. The lowest BCUT2D eigenvalue weighted by Crippen LogP contribution is -2.51. The van der Waals surface area contributed by atoms with Gasteiger partial charge in [0.2, 0.25) is 0 Å². The Labute approximate surface area is 241 Å². The second-order valence-electron chi connectivity index (χ2n) is 9.58. The van der Waals surface area contributed by atoms with Gasteiger partial charge in [-0.05, 0) is 11.1 Å². The minimum Gasteiger partial charge on any atom is -0.469 e. The average molecular weight is 581 g/mol. The van der Waals surface area contributed by atoms with Crippen LogP contribution in [-0.4, -0.2) is 63.0 Å². The molecule has 0 spiro atoms. The molecular formula is C29H29ClN4O7. The first kappa shape index (κ1) is 28.6. The minimum atomic E-state index is -1.42. The lowest BCUT2D eigenvalue weighted by Gasteiger charge is -2.33. The first-order valence-corrected chi connectivity index (χ1v) is 13.3. The molecule has 12 heteroatoms. The summed E-state index contributed by atoms with van der Waals surface area (Å²) in [7, 11) is 1.29. The van der Waals surface area contributed by atoms with Crippen LogP contribution in [0.3, 0.4) is 0 Å². The predicted molar refractivity (Wildman–Crippen MR) is 146 cm³/mol. The third kappa shape index (κ3) is 6.38. The molecule has 1 aliphatic rings. The Hall–Kier alpha value is -3.90. The average Bonchev–Trinajstić information content (AvgIpc) is 3.53. The molecule has 1 aliphatic heterocycles. The van der Waals surface area contributed by atoms with Gasteiger partial charge >= 0.3 is 11.9 Å². The number of hydrogen-bond acceptors (Lipinski definition) is 10. The summed E-state index contributed by atoms with van der Waals surface area (Å²) < 4.78 is 31.7. The summed E-state index contributed by atoms with van der Waals surface area (Å²) in [5.74, 6) is -1.11. The number of nitrogens with zero attached hydrogens (tertiary/aromatic N) is 4. The number of aromatic nitrogens is 4. The van der Waals surface area contributed by atoms with Gasteiger partial charge in [-0.25, -0.2) is 15.0 Å². The van der Waals surface area contributed by atoms with E-state index < -0.39 is 36.0 Å². The van der Waals surface area contributed by atoms with E-state index in [-0.39, 0.29) is 31.4 Å². The number of fused-ring (bicyclic) bond motifs is 1. The van der Waals surface area contributed by atoms with Crippen LogP contribution in [0.25, 0.3) is 11.2 Å². The fourth-order valence-electron chi connectivity index (χ4n) is 4.91. The maximum Gasteiger partial charge on any atom is 0.308 e. The molecule has 0 aliphatic carbocycles. The van der Waals surface area contributed by atoms with Crippen molar-refractivity contribution in [1.29, 1.82) is 0 Å². The summed E-state index contributed by atoms with van der Waals surface area (Å²) >= 11 is 6.26. The van der Waals surface area contributed by atoms with Gasteiger partial charge < -0.3 is 23.7 Å². The summed E-state index contributed by atoms with van der Waals surface area (Å²) in [6, 6.07) is 19.1. The van der Waals surface area contributed by atoms with Gasteiger partial charge in [-0.15, -0.1) is 0 Å². The fourth-order valence-corrected chi connectivity index (χ4v) is 5.09. The van der Waals surface area contributed by atoms with E-state index in [4.69, 9.17) is 35.3 Å². The van der Waals surface area contributed by atoms with E-state index in [1.54, 1.807) is 4.57 Å². The van der Waals surface area contributed by atoms with Crippen LogP contribution in [0, 0.1) is 0 Å². The van der Waals surface area contributed by atoms with Crippen molar-refractivity contribution in [3.63, 3.8) is 0 Å². The van der Waals surface area contributed by atoms with Crippen molar-refractivity contribution in [3.05, 3.63) is 89.6 Å². The fraction of sp³-hybridized carbons (Fsp3) is 0.345. The van der Waals surface area contributed by atoms with Gasteiger partial charge in [0, 0.05) is 6.92 Å². The van der Waals surface area contributed by atoms with Crippen molar-refractivity contribution >= 4 is 34.7 Å². The number of esters is 2. The predicted octanol–water partition coefficient (Wildman–Crippen LogP) is 4.04. The molecule has 3 heterocycles. The van der Waals surface area contributed by atoms with E-state index in [9.17, 15) is 9.59 Å². The molecule has 1 fully saturated rings. The highest BCUT2D eigenvalue weighted by molar-refractivity contribution is 6.33. The van der Waals surface area contributed by atoms with Crippen molar-refractivity contribution in [2.45, 2.75) is 50.6 Å². The van der Waals surface area contributed by atoms with Crippen molar-refractivity contribution in [2.24, 2.45) is 0 Å². The Morgan fingerprint density at radius 1 is 1.00 bits per heavy atom. The maximum absolute atomic E-state index is 12.8. The number of carbonyl (C=O) groups excluding carboxylic acids is 2. The highest BCUT2D eigenvalue weighted by atomic mass is 35.5. The van der Waals surface area contributed by atoms with E-state index in [2.05, 4.69) is 15.0 Å². The van der Waals surface area contributed by atoms with Crippen molar-refractivity contribution in [3.8, 4) is 0 Å². The summed E-state index contributed by atoms with van der Waals surface area (Å²) in [4.78, 5) is 37.9. The normalized spacial score (nSPS) is 22.1. The number of ether oxygens (including phenoxy) is 5.